The van der Waals surface area contributed by atoms with Crippen LogP contribution in [0.15, 0.2) is 6.07 Å². The van der Waals surface area contributed by atoms with Crippen LogP contribution in [0.1, 0.15) is 6.42 Å². The molecule has 0 atom stereocenters. The average molecular weight is 272 g/mol. The van der Waals surface area contributed by atoms with Gasteiger partial charge >= 0.3 is 0 Å². The van der Waals surface area contributed by atoms with Crippen molar-refractivity contribution in [2.24, 2.45) is 0 Å². The van der Waals surface area contributed by atoms with Gasteiger partial charge in [-0.1, -0.05) is 0 Å². The molecule has 1 aliphatic heterocycles. The third kappa shape index (κ3) is 3.30. The molecule has 1 aliphatic rings. The van der Waals surface area contributed by atoms with Crippen molar-refractivity contribution in [3.05, 3.63) is 17.7 Å². The Hall–Kier alpha value is -1.47. The smallest absolute Gasteiger partial charge is 0.168 e. The second kappa shape index (κ2) is 6.12. The monoisotopic (exact) mass is 272 g/mol. The van der Waals surface area contributed by atoms with E-state index >= 15 is 0 Å². The molecule has 0 amide bonds. The van der Waals surface area contributed by atoms with Gasteiger partial charge in [-0.3, -0.25) is 4.90 Å². The van der Waals surface area contributed by atoms with E-state index in [0.29, 0.717) is 26.2 Å². The number of anilines is 2. The SMILES string of the molecule is Nc1nc(N2CCCN(CCO)CC2)c(F)cc1F. The molecule has 0 spiro atoms. The number of nitrogen functional groups attached to an aromatic ring is 1. The molecule has 0 saturated carbocycles. The van der Waals surface area contributed by atoms with E-state index < -0.39 is 11.6 Å². The Labute approximate surface area is 110 Å². The number of β-amino-alcohol motifs (C(OH)–C–C–N with tert-alkyl or cyclic N) is 1. The van der Waals surface area contributed by atoms with Gasteiger partial charge in [0.2, 0.25) is 0 Å². The number of hydrogen-bond acceptors (Lipinski definition) is 5. The predicted octanol–water partition coefficient (Wildman–Crippen LogP) is 0.446. The van der Waals surface area contributed by atoms with Crippen LogP contribution in [-0.2, 0) is 0 Å². The van der Waals surface area contributed by atoms with Crippen LogP contribution in [0.5, 0.6) is 0 Å². The lowest BCUT2D eigenvalue weighted by Crippen LogP contribution is -2.33. The molecule has 7 heteroatoms. The van der Waals surface area contributed by atoms with Gasteiger partial charge in [0.15, 0.2) is 23.3 Å². The summed E-state index contributed by atoms with van der Waals surface area (Å²) in [5.41, 5.74) is 5.39. The van der Waals surface area contributed by atoms with Crippen molar-refractivity contribution in [2.45, 2.75) is 6.42 Å². The third-order valence-electron chi connectivity index (χ3n) is 3.24. The quantitative estimate of drug-likeness (QED) is 0.836. The summed E-state index contributed by atoms with van der Waals surface area (Å²) in [6.45, 7) is 3.48. The summed E-state index contributed by atoms with van der Waals surface area (Å²) < 4.78 is 26.8. The van der Waals surface area contributed by atoms with E-state index in [0.717, 1.165) is 19.0 Å². The van der Waals surface area contributed by atoms with Gasteiger partial charge in [0.1, 0.15) is 0 Å². The Kier molecular flexibility index (Phi) is 4.49. The van der Waals surface area contributed by atoms with Gasteiger partial charge < -0.3 is 15.7 Å². The van der Waals surface area contributed by atoms with Crippen LogP contribution in [0.25, 0.3) is 0 Å². The molecule has 1 fully saturated rings. The van der Waals surface area contributed by atoms with Crippen molar-refractivity contribution in [2.75, 3.05) is 50.0 Å². The summed E-state index contributed by atoms with van der Waals surface area (Å²) >= 11 is 0. The van der Waals surface area contributed by atoms with Gasteiger partial charge in [0, 0.05) is 32.2 Å². The minimum Gasteiger partial charge on any atom is -0.395 e. The van der Waals surface area contributed by atoms with Gasteiger partial charge in [-0.05, 0) is 13.0 Å². The maximum absolute atomic E-state index is 13.7. The topological polar surface area (TPSA) is 65.6 Å². The van der Waals surface area contributed by atoms with E-state index in [-0.39, 0.29) is 18.2 Å². The van der Waals surface area contributed by atoms with Crippen molar-refractivity contribution < 1.29 is 13.9 Å². The largest absolute Gasteiger partial charge is 0.395 e. The van der Waals surface area contributed by atoms with Gasteiger partial charge in [0.05, 0.1) is 6.61 Å². The first kappa shape index (κ1) is 14.0. The molecule has 2 heterocycles. The fourth-order valence-electron chi connectivity index (χ4n) is 2.24. The number of pyridine rings is 1. The second-order valence-electron chi connectivity index (χ2n) is 4.57. The van der Waals surface area contributed by atoms with Crippen molar-refractivity contribution in [1.29, 1.82) is 0 Å². The molecule has 3 N–H and O–H groups in total. The lowest BCUT2D eigenvalue weighted by Gasteiger charge is -2.23. The molecule has 1 aromatic rings. The van der Waals surface area contributed by atoms with E-state index in [2.05, 4.69) is 9.88 Å². The zero-order valence-corrected chi connectivity index (χ0v) is 10.6. The van der Waals surface area contributed by atoms with Crippen LogP contribution in [0.4, 0.5) is 20.4 Å². The molecular formula is C12H18F2N4O. The number of aromatic nitrogens is 1. The molecule has 19 heavy (non-hydrogen) atoms. The molecule has 0 aromatic carbocycles. The first-order valence-electron chi connectivity index (χ1n) is 6.31. The normalized spacial score (nSPS) is 17.5. The van der Waals surface area contributed by atoms with Crippen LogP contribution in [0.3, 0.4) is 0 Å². The first-order valence-corrected chi connectivity index (χ1v) is 6.31. The summed E-state index contributed by atoms with van der Waals surface area (Å²) in [5.74, 6) is -1.71. The summed E-state index contributed by atoms with van der Waals surface area (Å²) in [4.78, 5) is 7.66. The van der Waals surface area contributed by atoms with E-state index in [1.54, 1.807) is 4.90 Å². The van der Waals surface area contributed by atoms with Crippen molar-refractivity contribution in [3.8, 4) is 0 Å². The van der Waals surface area contributed by atoms with Gasteiger partial charge in [-0.15, -0.1) is 0 Å². The molecule has 2 rings (SSSR count). The summed E-state index contributed by atoms with van der Waals surface area (Å²) in [7, 11) is 0. The molecule has 106 valence electrons. The Bertz CT molecular complexity index is 444. The van der Waals surface area contributed by atoms with E-state index in [9.17, 15) is 8.78 Å². The molecular weight excluding hydrogens is 254 g/mol. The minimum absolute atomic E-state index is 0.102. The maximum Gasteiger partial charge on any atom is 0.168 e. The standard InChI is InChI=1S/C12H18F2N4O/c13-9-8-10(14)12(16-11(9)15)18-3-1-2-17(4-5-18)6-7-19/h8,19H,1-7H2,(H2,15,16). The maximum atomic E-state index is 13.7. The van der Waals surface area contributed by atoms with Crippen LogP contribution >= 0.6 is 0 Å². The lowest BCUT2D eigenvalue weighted by molar-refractivity contribution is 0.204. The second-order valence-corrected chi connectivity index (χ2v) is 4.57. The van der Waals surface area contributed by atoms with Crippen molar-refractivity contribution in [1.82, 2.24) is 9.88 Å². The van der Waals surface area contributed by atoms with E-state index in [1.165, 1.54) is 0 Å². The highest BCUT2D eigenvalue weighted by Crippen LogP contribution is 2.21. The fraction of sp³-hybridized carbons (Fsp3) is 0.583. The lowest BCUT2D eigenvalue weighted by atomic mass is 10.3. The number of aliphatic hydroxyl groups is 1. The number of halogens is 2. The zero-order chi connectivity index (χ0) is 13.8. The van der Waals surface area contributed by atoms with Crippen LogP contribution in [-0.4, -0.2) is 54.3 Å². The summed E-state index contributed by atoms with van der Waals surface area (Å²) in [5, 5.41) is 8.92. The highest BCUT2D eigenvalue weighted by molar-refractivity contribution is 5.47. The zero-order valence-electron chi connectivity index (χ0n) is 10.6. The fourth-order valence-corrected chi connectivity index (χ4v) is 2.24. The van der Waals surface area contributed by atoms with Gasteiger partial charge in [-0.2, -0.15) is 0 Å². The average Bonchev–Trinajstić information content (AvgIpc) is 2.60. The first-order chi connectivity index (χ1) is 9.11. The molecule has 0 radical (unpaired) electrons. The van der Waals surface area contributed by atoms with Crippen molar-refractivity contribution in [3.63, 3.8) is 0 Å². The van der Waals surface area contributed by atoms with Crippen LogP contribution in [0, 0.1) is 11.6 Å². The number of nitrogens with two attached hydrogens (primary N) is 1. The van der Waals surface area contributed by atoms with Gasteiger partial charge in [0.25, 0.3) is 0 Å². The molecule has 1 saturated heterocycles. The number of hydrogen-bond donors (Lipinski definition) is 2. The minimum atomic E-state index is -0.835. The number of aliphatic hydroxyl groups excluding tert-OH is 1. The Morgan fingerprint density at radius 1 is 1.21 bits per heavy atom. The van der Waals surface area contributed by atoms with Crippen molar-refractivity contribution >= 4 is 11.6 Å². The van der Waals surface area contributed by atoms with E-state index in [1.807, 2.05) is 0 Å². The van der Waals surface area contributed by atoms with Crippen LogP contribution < -0.4 is 10.6 Å². The molecule has 0 unspecified atom stereocenters. The molecule has 1 aromatic heterocycles. The molecule has 5 nitrogen and oxygen atoms in total. The number of nitrogens with zero attached hydrogens (tertiary/aromatic N) is 3. The van der Waals surface area contributed by atoms with Gasteiger partial charge in [-0.25, -0.2) is 13.8 Å². The van der Waals surface area contributed by atoms with Crippen LogP contribution in [0.2, 0.25) is 0 Å². The molecule has 0 aliphatic carbocycles. The third-order valence-corrected chi connectivity index (χ3v) is 3.24. The number of rotatable bonds is 3. The Morgan fingerprint density at radius 2 is 2.00 bits per heavy atom. The molecule has 0 bridgehead atoms. The summed E-state index contributed by atoms with van der Waals surface area (Å²) in [6.07, 6.45) is 0.832. The predicted molar refractivity (Wildman–Crippen MR) is 68.9 cm³/mol. The Morgan fingerprint density at radius 3 is 2.74 bits per heavy atom. The highest BCUT2D eigenvalue weighted by atomic mass is 19.1. The Balaban J connectivity index is 2.12. The van der Waals surface area contributed by atoms with E-state index in [4.69, 9.17) is 10.8 Å². The summed E-state index contributed by atoms with van der Waals surface area (Å²) in [6, 6.07) is 0.772. The highest BCUT2D eigenvalue weighted by Gasteiger charge is 2.20.